The van der Waals surface area contributed by atoms with Crippen LogP contribution in [0.4, 0.5) is 0 Å². The van der Waals surface area contributed by atoms with Gasteiger partial charge in [-0.1, -0.05) is 20.8 Å². The third kappa shape index (κ3) is 6.76. The molecule has 0 saturated heterocycles. The third-order valence-corrected chi connectivity index (χ3v) is 2.30. The van der Waals surface area contributed by atoms with E-state index in [0.29, 0.717) is 6.42 Å². The van der Waals surface area contributed by atoms with Crippen LogP contribution in [0.25, 0.3) is 0 Å². The van der Waals surface area contributed by atoms with E-state index in [9.17, 15) is 4.79 Å². The zero-order valence-corrected chi connectivity index (χ0v) is 9.26. The summed E-state index contributed by atoms with van der Waals surface area (Å²) in [7, 11) is 0. The van der Waals surface area contributed by atoms with Gasteiger partial charge in [-0.3, -0.25) is 4.79 Å². The molecule has 1 atom stereocenters. The van der Waals surface area contributed by atoms with Crippen LogP contribution in [0.5, 0.6) is 0 Å². The number of hydrogen-bond donors (Lipinski definition) is 1. The molecule has 0 aromatic carbocycles. The minimum absolute atomic E-state index is 0.0595. The molecule has 0 fully saturated rings. The second-order valence-corrected chi connectivity index (χ2v) is 4.92. The molecule has 0 heterocycles. The molecular weight excluding hydrogens is 164 g/mol. The summed E-state index contributed by atoms with van der Waals surface area (Å²) in [5.41, 5.74) is 0.281. The van der Waals surface area contributed by atoms with E-state index < -0.39 is 0 Å². The molecule has 0 aliphatic rings. The lowest BCUT2D eigenvalue weighted by Crippen LogP contribution is -2.16. The van der Waals surface area contributed by atoms with Crippen molar-refractivity contribution in [2.75, 3.05) is 6.61 Å². The molecule has 0 bridgehead atoms. The fraction of sp³-hybridized carbons (Fsp3) is 0.909. The van der Waals surface area contributed by atoms with Crippen LogP contribution in [0.2, 0.25) is 0 Å². The molecule has 0 amide bonds. The van der Waals surface area contributed by atoms with Gasteiger partial charge in [0.25, 0.3) is 0 Å². The predicted octanol–water partition coefficient (Wildman–Crippen LogP) is 2.40. The van der Waals surface area contributed by atoms with Crippen molar-refractivity contribution in [1.29, 1.82) is 0 Å². The van der Waals surface area contributed by atoms with Gasteiger partial charge in [0.1, 0.15) is 5.78 Å². The number of aliphatic hydroxyl groups excluding tert-OH is 1. The van der Waals surface area contributed by atoms with Crippen LogP contribution >= 0.6 is 0 Å². The lowest BCUT2D eigenvalue weighted by molar-refractivity contribution is -0.121. The Morgan fingerprint density at radius 3 is 2.15 bits per heavy atom. The first-order chi connectivity index (χ1) is 5.87. The SMILES string of the molecule is CC(=O)C(CCO)CCC(C)(C)C. The van der Waals surface area contributed by atoms with Gasteiger partial charge in [-0.25, -0.2) is 0 Å². The van der Waals surface area contributed by atoms with Gasteiger partial charge in [-0.15, -0.1) is 0 Å². The van der Waals surface area contributed by atoms with Gasteiger partial charge >= 0.3 is 0 Å². The molecule has 2 nitrogen and oxygen atoms in total. The molecule has 13 heavy (non-hydrogen) atoms. The fourth-order valence-electron chi connectivity index (χ4n) is 1.31. The number of ketones is 1. The van der Waals surface area contributed by atoms with E-state index in [1.165, 1.54) is 0 Å². The average molecular weight is 186 g/mol. The van der Waals surface area contributed by atoms with Crippen molar-refractivity contribution >= 4 is 5.78 Å². The standard InChI is InChI=1S/C11H22O2/c1-9(13)10(6-8-12)5-7-11(2,3)4/h10,12H,5-8H2,1-4H3. The molecule has 0 aromatic heterocycles. The van der Waals surface area contributed by atoms with Crippen LogP contribution in [0.15, 0.2) is 0 Å². The van der Waals surface area contributed by atoms with Crippen molar-refractivity contribution in [3.8, 4) is 0 Å². The van der Waals surface area contributed by atoms with E-state index in [0.717, 1.165) is 12.8 Å². The van der Waals surface area contributed by atoms with Crippen molar-refractivity contribution in [2.24, 2.45) is 11.3 Å². The molecule has 0 spiro atoms. The second-order valence-electron chi connectivity index (χ2n) is 4.92. The summed E-state index contributed by atoms with van der Waals surface area (Å²) in [5.74, 6) is 0.266. The number of carbonyl (C=O) groups is 1. The van der Waals surface area contributed by atoms with Crippen molar-refractivity contribution in [1.82, 2.24) is 0 Å². The highest BCUT2D eigenvalue weighted by atomic mass is 16.3. The van der Waals surface area contributed by atoms with Crippen molar-refractivity contribution in [3.63, 3.8) is 0 Å². The molecule has 0 aliphatic heterocycles. The highest BCUT2D eigenvalue weighted by Gasteiger charge is 2.17. The third-order valence-electron chi connectivity index (χ3n) is 2.30. The first kappa shape index (κ1) is 12.6. The molecule has 1 unspecified atom stereocenters. The smallest absolute Gasteiger partial charge is 0.132 e. The molecule has 1 N–H and O–H groups in total. The second kappa shape index (κ2) is 5.38. The Labute approximate surface area is 81.3 Å². The fourth-order valence-corrected chi connectivity index (χ4v) is 1.31. The summed E-state index contributed by atoms with van der Waals surface area (Å²) >= 11 is 0. The minimum atomic E-state index is 0.0595. The Morgan fingerprint density at radius 1 is 1.31 bits per heavy atom. The lowest BCUT2D eigenvalue weighted by Gasteiger charge is -2.21. The zero-order valence-electron chi connectivity index (χ0n) is 9.26. The van der Waals surface area contributed by atoms with E-state index in [1.54, 1.807) is 6.92 Å². The van der Waals surface area contributed by atoms with Gasteiger partial charge in [0.05, 0.1) is 0 Å². The van der Waals surface area contributed by atoms with Crippen molar-refractivity contribution in [3.05, 3.63) is 0 Å². The maximum atomic E-state index is 11.1. The van der Waals surface area contributed by atoms with Crippen LogP contribution in [0.3, 0.4) is 0 Å². The first-order valence-corrected chi connectivity index (χ1v) is 4.98. The summed E-state index contributed by atoms with van der Waals surface area (Å²) < 4.78 is 0. The van der Waals surface area contributed by atoms with E-state index in [2.05, 4.69) is 20.8 Å². The summed E-state index contributed by atoms with van der Waals surface area (Å²) in [5, 5.41) is 8.76. The van der Waals surface area contributed by atoms with Gasteiger partial charge in [0, 0.05) is 12.5 Å². The van der Waals surface area contributed by atoms with Gasteiger partial charge < -0.3 is 5.11 Å². The summed E-state index contributed by atoms with van der Waals surface area (Å²) in [4.78, 5) is 11.1. The van der Waals surface area contributed by atoms with Gasteiger partial charge in [-0.2, -0.15) is 0 Å². The normalized spacial score (nSPS) is 14.2. The van der Waals surface area contributed by atoms with E-state index >= 15 is 0 Å². The first-order valence-electron chi connectivity index (χ1n) is 4.98. The molecular formula is C11H22O2. The van der Waals surface area contributed by atoms with Crippen LogP contribution in [0.1, 0.15) is 47.0 Å². The number of hydrogen-bond acceptors (Lipinski definition) is 2. The van der Waals surface area contributed by atoms with Crippen LogP contribution in [0, 0.1) is 11.3 Å². The quantitative estimate of drug-likeness (QED) is 0.716. The van der Waals surface area contributed by atoms with Crippen molar-refractivity contribution < 1.29 is 9.90 Å². The zero-order chi connectivity index (χ0) is 10.5. The average Bonchev–Trinajstić information content (AvgIpc) is 1.95. The van der Waals surface area contributed by atoms with Gasteiger partial charge in [0.15, 0.2) is 0 Å². The molecule has 0 rings (SSSR count). The highest BCUT2D eigenvalue weighted by Crippen LogP contribution is 2.25. The van der Waals surface area contributed by atoms with Gasteiger partial charge in [0.2, 0.25) is 0 Å². The molecule has 2 heteroatoms. The maximum Gasteiger partial charge on any atom is 0.132 e. The molecule has 0 aliphatic carbocycles. The molecule has 0 saturated carbocycles. The number of aliphatic hydroxyl groups is 1. The molecule has 0 radical (unpaired) electrons. The Kier molecular flexibility index (Phi) is 5.23. The van der Waals surface area contributed by atoms with Crippen molar-refractivity contribution in [2.45, 2.75) is 47.0 Å². The van der Waals surface area contributed by atoms with E-state index in [1.807, 2.05) is 0 Å². The maximum absolute atomic E-state index is 11.1. The van der Waals surface area contributed by atoms with Crippen LogP contribution < -0.4 is 0 Å². The number of Topliss-reactive ketones (excluding diaryl/α,β-unsaturated/α-hetero) is 1. The Morgan fingerprint density at radius 2 is 1.85 bits per heavy atom. The van der Waals surface area contributed by atoms with Crippen LogP contribution in [-0.4, -0.2) is 17.5 Å². The monoisotopic (exact) mass is 186 g/mol. The number of carbonyl (C=O) groups excluding carboxylic acids is 1. The summed E-state index contributed by atoms with van der Waals surface area (Å²) in [6, 6.07) is 0. The lowest BCUT2D eigenvalue weighted by atomic mass is 9.84. The Hall–Kier alpha value is -0.370. The van der Waals surface area contributed by atoms with Gasteiger partial charge in [-0.05, 0) is 31.6 Å². The van der Waals surface area contributed by atoms with Crippen LogP contribution in [-0.2, 0) is 4.79 Å². The largest absolute Gasteiger partial charge is 0.396 e. The Balaban J connectivity index is 3.90. The summed E-state index contributed by atoms with van der Waals surface area (Å²) in [6.45, 7) is 8.24. The topological polar surface area (TPSA) is 37.3 Å². The molecule has 78 valence electrons. The Bertz CT molecular complexity index is 156. The molecule has 0 aromatic rings. The number of rotatable bonds is 5. The van der Waals surface area contributed by atoms with E-state index in [4.69, 9.17) is 5.11 Å². The summed E-state index contributed by atoms with van der Waals surface area (Å²) in [6.07, 6.45) is 2.56. The predicted molar refractivity (Wildman–Crippen MR) is 54.6 cm³/mol. The van der Waals surface area contributed by atoms with E-state index in [-0.39, 0.29) is 23.7 Å². The minimum Gasteiger partial charge on any atom is -0.396 e. The highest BCUT2D eigenvalue weighted by molar-refractivity contribution is 5.78.